The Morgan fingerprint density at radius 2 is 2.26 bits per heavy atom. The minimum absolute atomic E-state index is 0.249. The molecule has 0 atom stereocenters. The van der Waals surface area contributed by atoms with Gasteiger partial charge in [-0.2, -0.15) is 0 Å². The summed E-state index contributed by atoms with van der Waals surface area (Å²) in [4.78, 5) is 21.0. The quantitative estimate of drug-likeness (QED) is 0.799. The highest BCUT2D eigenvalue weighted by Gasteiger charge is 2.20. The first kappa shape index (κ1) is 14.0. The molecular weight excluding hydrogens is 266 g/mol. The SMILES string of the molecule is Cc1cnc(Cl)nc1NC1CCN(CC(N)=O)CC1. The lowest BCUT2D eigenvalue weighted by atomic mass is 10.0. The van der Waals surface area contributed by atoms with E-state index in [1.807, 2.05) is 6.92 Å². The number of rotatable bonds is 4. The number of aryl methyl sites for hydroxylation is 1. The minimum atomic E-state index is -0.273. The molecule has 3 N–H and O–H groups in total. The molecule has 0 saturated carbocycles. The van der Waals surface area contributed by atoms with E-state index in [4.69, 9.17) is 17.3 Å². The molecule has 6 nitrogen and oxygen atoms in total. The van der Waals surface area contributed by atoms with E-state index in [0.29, 0.717) is 12.6 Å². The van der Waals surface area contributed by atoms with Gasteiger partial charge < -0.3 is 11.1 Å². The zero-order chi connectivity index (χ0) is 13.8. The second kappa shape index (κ2) is 6.16. The molecule has 19 heavy (non-hydrogen) atoms. The molecule has 1 amide bonds. The topological polar surface area (TPSA) is 84.1 Å². The molecule has 0 aromatic carbocycles. The van der Waals surface area contributed by atoms with E-state index in [0.717, 1.165) is 37.3 Å². The van der Waals surface area contributed by atoms with E-state index in [2.05, 4.69) is 20.2 Å². The highest BCUT2D eigenvalue weighted by atomic mass is 35.5. The Hall–Kier alpha value is -1.40. The van der Waals surface area contributed by atoms with E-state index in [-0.39, 0.29) is 11.2 Å². The molecule has 0 spiro atoms. The molecule has 2 heterocycles. The van der Waals surface area contributed by atoms with Gasteiger partial charge in [0.05, 0.1) is 6.54 Å². The van der Waals surface area contributed by atoms with Gasteiger partial charge in [0.2, 0.25) is 11.2 Å². The number of hydrogen-bond acceptors (Lipinski definition) is 5. The number of nitrogens with zero attached hydrogens (tertiary/aromatic N) is 3. The van der Waals surface area contributed by atoms with Crippen LogP contribution in [-0.2, 0) is 4.79 Å². The van der Waals surface area contributed by atoms with Gasteiger partial charge in [-0.15, -0.1) is 0 Å². The van der Waals surface area contributed by atoms with Gasteiger partial charge in [0.15, 0.2) is 0 Å². The molecule has 1 fully saturated rings. The number of carbonyl (C=O) groups is 1. The molecule has 104 valence electrons. The summed E-state index contributed by atoms with van der Waals surface area (Å²) >= 11 is 5.79. The van der Waals surface area contributed by atoms with E-state index in [1.54, 1.807) is 6.20 Å². The van der Waals surface area contributed by atoms with Gasteiger partial charge >= 0.3 is 0 Å². The van der Waals surface area contributed by atoms with Gasteiger partial charge in [-0.1, -0.05) is 0 Å². The Morgan fingerprint density at radius 3 is 2.89 bits per heavy atom. The number of aromatic nitrogens is 2. The normalized spacial score (nSPS) is 17.4. The molecule has 1 aromatic rings. The van der Waals surface area contributed by atoms with Crippen LogP contribution in [0.15, 0.2) is 6.20 Å². The van der Waals surface area contributed by atoms with Crippen LogP contribution in [0.5, 0.6) is 0 Å². The molecule has 0 aliphatic carbocycles. The smallest absolute Gasteiger partial charge is 0.231 e. The largest absolute Gasteiger partial charge is 0.369 e. The Morgan fingerprint density at radius 1 is 1.58 bits per heavy atom. The summed E-state index contributed by atoms with van der Waals surface area (Å²) in [5.41, 5.74) is 6.17. The Kier molecular flexibility index (Phi) is 4.55. The van der Waals surface area contributed by atoms with E-state index >= 15 is 0 Å². The number of halogens is 1. The number of carbonyl (C=O) groups excluding carboxylic acids is 1. The van der Waals surface area contributed by atoms with Crippen molar-refractivity contribution in [1.29, 1.82) is 0 Å². The van der Waals surface area contributed by atoms with Crippen LogP contribution in [0, 0.1) is 6.92 Å². The van der Waals surface area contributed by atoms with Crippen LogP contribution in [0.4, 0.5) is 5.82 Å². The second-order valence-electron chi connectivity index (χ2n) is 4.83. The molecule has 1 aliphatic heterocycles. The van der Waals surface area contributed by atoms with Gasteiger partial charge in [0.1, 0.15) is 5.82 Å². The Bertz CT molecular complexity index is 459. The molecule has 2 rings (SSSR count). The number of likely N-dealkylation sites (tertiary alicyclic amines) is 1. The lowest BCUT2D eigenvalue weighted by Crippen LogP contribution is -2.43. The van der Waals surface area contributed by atoms with Gasteiger partial charge in [-0.05, 0) is 31.4 Å². The maximum Gasteiger partial charge on any atom is 0.231 e. The molecular formula is C12H18ClN5O. The van der Waals surface area contributed by atoms with Crippen molar-refractivity contribution in [3.8, 4) is 0 Å². The standard InChI is InChI=1S/C12H18ClN5O/c1-8-6-15-12(13)17-11(8)16-9-2-4-18(5-3-9)7-10(14)19/h6,9H,2-5,7H2,1H3,(H2,14,19)(H,15,16,17). The van der Waals surface area contributed by atoms with Crippen LogP contribution >= 0.6 is 11.6 Å². The predicted molar refractivity (Wildman–Crippen MR) is 74.1 cm³/mol. The highest BCUT2D eigenvalue weighted by molar-refractivity contribution is 6.28. The number of anilines is 1. The first-order chi connectivity index (χ1) is 9.04. The molecule has 0 bridgehead atoms. The first-order valence-electron chi connectivity index (χ1n) is 6.31. The monoisotopic (exact) mass is 283 g/mol. The van der Waals surface area contributed by atoms with E-state index in [1.165, 1.54) is 0 Å². The van der Waals surface area contributed by atoms with Crippen LogP contribution in [0.3, 0.4) is 0 Å². The lowest BCUT2D eigenvalue weighted by Gasteiger charge is -2.31. The minimum Gasteiger partial charge on any atom is -0.369 e. The van der Waals surface area contributed by atoms with Gasteiger partial charge in [0, 0.05) is 30.9 Å². The van der Waals surface area contributed by atoms with Crippen molar-refractivity contribution < 1.29 is 4.79 Å². The van der Waals surface area contributed by atoms with Crippen LogP contribution < -0.4 is 11.1 Å². The van der Waals surface area contributed by atoms with Crippen molar-refractivity contribution in [2.75, 3.05) is 25.0 Å². The number of primary amides is 1. The van der Waals surface area contributed by atoms with Crippen molar-refractivity contribution in [3.63, 3.8) is 0 Å². The third-order valence-corrected chi connectivity index (χ3v) is 3.43. The van der Waals surface area contributed by atoms with Crippen LogP contribution in [0.25, 0.3) is 0 Å². The lowest BCUT2D eigenvalue weighted by molar-refractivity contribution is -0.119. The second-order valence-corrected chi connectivity index (χ2v) is 5.17. The van der Waals surface area contributed by atoms with Gasteiger partial charge in [-0.25, -0.2) is 9.97 Å². The van der Waals surface area contributed by atoms with Crippen LogP contribution in [-0.4, -0.2) is 46.5 Å². The van der Waals surface area contributed by atoms with Crippen LogP contribution in [0.1, 0.15) is 18.4 Å². The number of piperidine rings is 1. The summed E-state index contributed by atoms with van der Waals surface area (Å²) in [6, 6.07) is 0.341. The predicted octanol–water partition coefficient (Wildman–Crippen LogP) is 0.800. The van der Waals surface area contributed by atoms with Crippen LogP contribution in [0.2, 0.25) is 5.28 Å². The molecule has 1 aromatic heterocycles. The summed E-state index contributed by atoms with van der Waals surface area (Å²) < 4.78 is 0. The average molecular weight is 284 g/mol. The Labute approximate surface area is 117 Å². The summed E-state index contributed by atoms with van der Waals surface area (Å²) in [7, 11) is 0. The molecule has 7 heteroatoms. The summed E-state index contributed by atoms with van der Waals surface area (Å²) in [5.74, 6) is 0.512. The maximum absolute atomic E-state index is 10.9. The van der Waals surface area contributed by atoms with E-state index in [9.17, 15) is 4.79 Å². The maximum atomic E-state index is 10.9. The zero-order valence-corrected chi connectivity index (χ0v) is 11.7. The summed E-state index contributed by atoms with van der Waals surface area (Å²) in [5, 5.41) is 3.63. The van der Waals surface area contributed by atoms with Crippen molar-refractivity contribution in [2.24, 2.45) is 5.73 Å². The summed E-state index contributed by atoms with van der Waals surface area (Å²) in [6.07, 6.45) is 3.61. The van der Waals surface area contributed by atoms with E-state index < -0.39 is 0 Å². The van der Waals surface area contributed by atoms with Crippen molar-refractivity contribution in [3.05, 3.63) is 17.0 Å². The number of nitrogens with one attached hydrogen (secondary N) is 1. The molecule has 0 unspecified atom stereocenters. The fraction of sp³-hybridized carbons (Fsp3) is 0.583. The van der Waals surface area contributed by atoms with Crippen molar-refractivity contribution >= 4 is 23.3 Å². The third-order valence-electron chi connectivity index (χ3n) is 3.25. The average Bonchev–Trinajstić information content (AvgIpc) is 2.35. The summed E-state index contributed by atoms with van der Waals surface area (Å²) in [6.45, 7) is 4.00. The third kappa shape index (κ3) is 4.04. The van der Waals surface area contributed by atoms with Gasteiger partial charge in [0.25, 0.3) is 0 Å². The van der Waals surface area contributed by atoms with Crippen molar-refractivity contribution in [1.82, 2.24) is 14.9 Å². The first-order valence-corrected chi connectivity index (χ1v) is 6.68. The van der Waals surface area contributed by atoms with Gasteiger partial charge in [-0.3, -0.25) is 9.69 Å². The zero-order valence-electron chi connectivity index (χ0n) is 10.9. The molecule has 0 radical (unpaired) electrons. The van der Waals surface area contributed by atoms with Crippen molar-refractivity contribution in [2.45, 2.75) is 25.8 Å². The highest BCUT2D eigenvalue weighted by Crippen LogP contribution is 2.18. The fourth-order valence-electron chi connectivity index (χ4n) is 2.22. The fourth-order valence-corrected chi connectivity index (χ4v) is 2.35. The number of hydrogen-bond donors (Lipinski definition) is 2. The Balaban J connectivity index is 1.88. The molecule has 1 saturated heterocycles. The molecule has 1 aliphatic rings. The number of amides is 1. The number of nitrogens with two attached hydrogens (primary N) is 1.